The number of hydrogen-bond donors (Lipinski definition) is 1. The van der Waals surface area contributed by atoms with Crippen LogP contribution in [0.4, 0.5) is 0 Å². The summed E-state index contributed by atoms with van der Waals surface area (Å²) in [6.07, 6.45) is -7.25. The molecule has 1 N–H and O–H groups in total. The van der Waals surface area contributed by atoms with Gasteiger partial charge in [0.25, 0.3) is 0 Å². The summed E-state index contributed by atoms with van der Waals surface area (Å²) in [5, 5.41) is 10.2. The number of rotatable bonds is 12. The van der Waals surface area contributed by atoms with Crippen LogP contribution >= 0.6 is 0 Å². The Hall–Kier alpha value is -3.85. The number of carboxylic acids is 1. The topological polar surface area (TPSA) is 172 Å². The summed E-state index contributed by atoms with van der Waals surface area (Å²) in [6.45, 7) is 5.67. The first kappa shape index (κ1) is 34.6. The van der Waals surface area contributed by atoms with E-state index in [1.807, 2.05) is 30.3 Å². The molecule has 1 fully saturated rings. The molecule has 13 nitrogen and oxygen atoms in total. The SMILES string of the molecule is CO[C@@H]1O[C@H](CN([C@@H](C(=O)O)C(C)C)S(=O)(=O)c2ccc(-c3ccccc3)cc2)[C@@H](OC(C)=O)[C@H](OC(C)=O)[C@H]1OC(C)=O. The summed E-state index contributed by atoms with van der Waals surface area (Å²) in [5.74, 6) is -4.61. The molecule has 3 rings (SSSR count). The number of methoxy groups -OCH3 is 1. The lowest BCUT2D eigenvalue weighted by atomic mass is 9.96. The smallest absolute Gasteiger partial charge is 0.322 e. The largest absolute Gasteiger partial charge is 0.480 e. The molecule has 1 heterocycles. The summed E-state index contributed by atoms with van der Waals surface area (Å²) in [7, 11) is -3.33. The van der Waals surface area contributed by atoms with Gasteiger partial charge in [-0.05, 0) is 29.2 Å². The lowest BCUT2D eigenvalue weighted by Crippen LogP contribution is -2.65. The van der Waals surface area contributed by atoms with Crippen molar-refractivity contribution in [2.24, 2.45) is 5.92 Å². The van der Waals surface area contributed by atoms with Crippen LogP contribution in [-0.4, -0.2) is 92.1 Å². The van der Waals surface area contributed by atoms with Crippen LogP contribution in [0, 0.1) is 5.92 Å². The van der Waals surface area contributed by atoms with Gasteiger partial charge in [0.05, 0.1) is 4.90 Å². The van der Waals surface area contributed by atoms with Gasteiger partial charge in [-0.3, -0.25) is 19.2 Å². The van der Waals surface area contributed by atoms with Crippen LogP contribution in [0.5, 0.6) is 0 Å². The van der Waals surface area contributed by atoms with Crippen LogP contribution in [-0.2, 0) is 52.9 Å². The van der Waals surface area contributed by atoms with E-state index in [0.717, 1.165) is 36.2 Å². The van der Waals surface area contributed by atoms with E-state index in [0.29, 0.717) is 0 Å². The molecular formula is C30H37NO12S. The van der Waals surface area contributed by atoms with E-state index in [2.05, 4.69) is 0 Å². The van der Waals surface area contributed by atoms with Crippen LogP contribution in [0.3, 0.4) is 0 Å². The second-order valence-corrected chi connectivity index (χ2v) is 12.4. The molecule has 2 aromatic carbocycles. The number of sulfonamides is 1. The zero-order chi connectivity index (χ0) is 32.8. The maximum atomic E-state index is 14.2. The average molecular weight is 636 g/mol. The van der Waals surface area contributed by atoms with Crippen molar-refractivity contribution in [2.45, 2.75) is 76.3 Å². The second-order valence-electron chi connectivity index (χ2n) is 10.5. The number of benzene rings is 2. The molecule has 44 heavy (non-hydrogen) atoms. The number of ether oxygens (including phenoxy) is 5. The average Bonchev–Trinajstić information content (AvgIpc) is 2.94. The van der Waals surface area contributed by atoms with Gasteiger partial charge in [-0.1, -0.05) is 56.3 Å². The number of nitrogens with zero attached hydrogens (tertiary/aromatic N) is 1. The van der Waals surface area contributed by atoms with Gasteiger partial charge in [0, 0.05) is 34.4 Å². The summed E-state index contributed by atoms with van der Waals surface area (Å²) >= 11 is 0. The maximum absolute atomic E-state index is 14.2. The molecule has 240 valence electrons. The van der Waals surface area contributed by atoms with Gasteiger partial charge >= 0.3 is 23.9 Å². The molecule has 0 aromatic heterocycles. The highest BCUT2D eigenvalue weighted by molar-refractivity contribution is 7.89. The fourth-order valence-corrected chi connectivity index (χ4v) is 6.78. The van der Waals surface area contributed by atoms with Gasteiger partial charge in [0.2, 0.25) is 10.0 Å². The van der Waals surface area contributed by atoms with Gasteiger partial charge in [-0.2, -0.15) is 4.31 Å². The molecule has 2 aromatic rings. The fourth-order valence-electron chi connectivity index (χ4n) is 5.06. The minimum atomic E-state index is -4.54. The molecule has 6 atom stereocenters. The number of carbonyl (C=O) groups excluding carboxylic acids is 3. The van der Waals surface area contributed by atoms with Gasteiger partial charge < -0.3 is 28.8 Å². The van der Waals surface area contributed by atoms with Crippen LogP contribution in [0.15, 0.2) is 59.5 Å². The molecule has 0 amide bonds. The molecule has 1 aliphatic heterocycles. The van der Waals surface area contributed by atoms with Crippen molar-refractivity contribution in [2.75, 3.05) is 13.7 Å². The van der Waals surface area contributed by atoms with Crippen molar-refractivity contribution >= 4 is 33.9 Å². The minimum absolute atomic E-state index is 0.193. The molecule has 0 saturated carbocycles. The first-order valence-corrected chi connectivity index (χ1v) is 15.2. The van der Waals surface area contributed by atoms with E-state index in [4.69, 9.17) is 23.7 Å². The molecule has 1 saturated heterocycles. The van der Waals surface area contributed by atoms with Gasteiger partial charge in [0.1, 0.15) is 12.1 Å². The number of aliphatic carboxylic acids is 1. The Labute approximate surface area is 256 Å². The van der Waals surface area contributed by atoms with Crippen molar-refractivity contribution < 1.29 is 56.4 Å². The second kappa shape index (κ2) is 14.8. The van der Waals surface area contributed by atoms with E-state index in [9.17, 15) is 32.7 Å². The van der Waals surface area contributed by atoms with Crippen molar-refractivity contribution in [3.8, 4) is 11.1 Å². The third-order valence-corrected chi connectivity index (χ3v) is 8.71. The lowest BCUT2D eigenvalue weighted by molar-refractivity contribution is -0.298. The predicted molar refractivity (Wildman–Crippen MR) is 154 cm³/mol. The fraction of sp³-hybridized carbons (Fsp3) is 0.467. The van der Waals surface area contributed by atoms with E-state index < -0.39 is 83.1 Å². The highest BCUT2D eigenvalue weighted by Crippen LogP contribution is 2.33. The van der Waals surface area contributed by atoms with E-state index >= 15 is 0 Å². The first-order chi connectivity index (χ1) is 20.7. The monoisotopic (exact) mass is 635 g/mol. The molecule has 14 heteroatoms. The van der Waals surface area contributed by atoms with Crippen molar-refractivity contribution in [3.05, 3.63) is 54.6 Å². The molecule has 0 unspecified atom stereocenters. The summed E-state index contributed by atoms with van der Waals surface area (Å²) < 4.78 is 56.5. The Morgan fingerprint density at radius 3 is 1.80 bits per heavy atom. The van der Waals surface area contributed by atoms with Crippen molar-refractivity contribution in [1.29, 1.82) is 0 Å². The molecular weight excluding hydrogens is 598 g/mol. The molecule has 0 spiro atoms. The molecule has 0 aliphatic carbocycles. The minimum Gasteiger partial charge on any atom is -0.480 e. The van der Waals surface area contributed by atoms with Crippen molar-refractivity contribution in [3.63, 3.8) is 0 Å². The Morgan fingerprint density at radius 2 is 1.32 bits per heavy atom. The molecule has 0 radical (unpaired) electrons. The van der Waals surface area contributed by atoms with Crippen LogP contribution in [0.2, 0.25) is 0 Å². The number of carboxylic acid groups (broad SMARTS) is 1. The Kier molecular flexibility index (Phi) is 11.6. The number of carbonyl (C=O) groups is 4. The van der Waals surface area contributed by atoms with Crippen LogP contribution in [0.1, 0.15) is 34.6 Å². The Bertz CT molecular complexity index is 1430. The van der Waals surface area contributed by atoms with Gasteiger partial charge in [-0.15, -0.1) is 0 Å². The van der Waals surface area contributed by atoms with Crippen LogP contribution in [0.25, 0.3) is 11.1 Å². The maximum Gasteiger partial charge on any atom is 0.322 e. The third kappa shape index (κ3) is 8.20. The summed E-state index contributed by atoms with van der Waals surface area (Å²) in [6, 6.07) is 13.6. The zero-order valence-corrected chi connectivity index (χ0v) is 26.1. The predicted octanol–water partition coefficient (Wildman–Crippen LogP) is 2.62. The first-order valence-electron chi connectivity index (χ1n) is 13.8. The van der Waals surface area contributed by atoms with E-state index in [1.165, 1.54) is 19.2 Å². The summed E-state index contributed by atoms with van der Waals surface area (Å²) in [5.41, 5.74) is 1.59. The number of esters is 3. The Balaban J connectivity index is 2.12. The van der Waals surface area contributed by atoms with Crippen LogP contribution < -0.4 is 0 Å². The third-order valence-electron chi connectivity index (χ3n) is 6.85. The van der Waals surface area contributed by atoms with E-state index in [-0.39, 0.29) is 4.90 Å². The normalized spacial score (nSPS) is 22.7. The Morgan fingerprint density at radius 1 is 0.818 bits per heavy atom. The lowest BCUT2D eigenvalue weighted by Gasteiger charge is -2.45. The van der Waals surface area contributed by atoms with E-state index in [1.54, 1.807) is 26.0 Å². The highest BCUT2D eigenvalue weighted by atomic mass is 32.2. The standard InChI is InChI=1S/C30H37NO12S/c1-17(2)25(29(35)36)31(44(37,38)23-14-12-22(13-15-23)21-10-8-7-9-11-21)16-24-26(40-18(3)32)27(41-19(4)33)28(42-20(5)34)30(39-6)43-24/h7-15,17,24-28,30H,16H2,1-6H3,(H,35,36)/t24-,25-,26-,27+,28-,30-/m1/s1. The highest BCUT2D eigenvalue weighted by Gasteiger charge is 2.54. The van der Waals surface area contributed by atoms with Gasteiger partial charge in [-0.25, -0.2) is 8.42 Å². The van der Waals surface area contributed by atoms with Crippen molar-refractivity contribution in [1.82, 2.24) is 4.31 Å². The quantitative estimate of drug-likeness (QED) is 0.267. The zero-order valence-electron chi connectivity index (χ0n) is 25.2. The molecule has 1 aliphatic rings. The number of hydrogen-bond acceptors (Lipinski definition) is 11. The molecule has 0 bridgehead atoms. The van der Waals surface area contributed by atoms with Gasteiger partial charge in [0.15, 0.2) is 24.6 Å². The summed E-state index contributed by atoms with van der Waals surface area (Å²) in [4.78, 5) is 48.5.